The van der Waals surface area contributed by atoms with Gasteiger partial charge in [0, 0.05) is 25.7 Å². The number of ether oxygens (including phenoxy) is 4. The fraction of sp³-hybridized carbons (Fsp3) is 0.946. The first-order valence-corrected chi connectivity index (χ1v) is 41.3. The van der Waals surface area contributed by atoms with Crippen LogP contribution < -0.4 is 0 Å². The van der Waals surface area contributed by atoms with Crippen LogP contribution in [0.25, 0.3) is 0 Å². The molecule has 0 saturated carbocycles. The third kappa shape index (κ3) is 65.8. The molecule has 0 radical (unpaired) electrons. The second kappa shape index (κ2) is 63.5. The Morgan fingerprint density at radius 1 is 0.301 bits per heavy atom. The Bertz CT molecular complexity index is 1840. The van der Waals surface area contributed by atoms with E-state index in [-0.39, 0.29) is 25.7 Å². The van der Waals surface area contributed by atoms with E-state index in [0.717, 1.165) is 114 Å². The summed E-state index contributed by atoms with van der Waals surface area (Å²) in [6.45, 7) is 14.2. The predicted molar refractivity (Wildman–Crippen MR) is 377 cm³/mol. The van der Waals surface area contributed by atoms with Crippen molar-refractivity contribution in [2.45, 2.75) is 388 Å². The highest BCUT2D eigenvalue weighted by Crippen LogP contribution is 2.45. The van der Waals surface area contributed by atoms with Crippen LogP contribution in [0.1, 0.15) is 370 Å². The Morgan fingerprint density at radius 3 is 0.763 bits per heavy atom. The highest BCUT2D eigenvalue weighted by Gasteiger charge is 2.30. The Hall–Kier alpha value is -1.94. The molecule has 0 bridgehead atoms. The van der Waals surface area contributed by atoms with Crippen LogP contribution in [0.5, 0.6) is 0 Å². The normalized spacial score (nSPS) is 14.8. The first-order valence-electron chi connectivity index (χ1n) is 38.3. The minimum absolute atomic E-state index is 0.104. The number of carbonyl (C=O) groups is 4. The Kier molecular flexibility index (Phi) is 62.2. The molecule has 19 heteroatoms. The van der Waals surface area contributed by atoms with Gasteiger partial charge in [-0.25, -0.2) is 9.13 Å². The highest BCUT2D eigenvalue weighted by atomic mass is 31.2. The van der Waals surface area contributed by atoms with E-state index in [1.54, 1.807) is 0 Å². The second-order valence-electron chi connectivity index (χ2n) is 28.1. The molecule has 0 spiro atoms. The molecule has 0 aliphatic carbocycles. The van der Waals surface area contributed by atoms with Gasteiger partial charge in [-0.15, -0.1) is 0 Å². The molecule has 0 saturated heterocycles. The first-order chi connectivity index (χ1) is 44.7. The van der Waals surface area contributed by atoms with Gasteiger partial charge >= 0.3 is 39.5 Å². The smallest absolute Gasteiger partial charge is 0.462 e. The lowest BCUT2D eigenvalue weighted by Crippen LogP contribution is -2.30. The van der Waals surface area contributed by atoms with Crippen LogP contribution in [0.15, 0.2) is 0 Å². The van der Waals surface area contributed by atoms with E-state index in [2.05, 4.69) is 55.4 Å². The Balaban J connectivity index is 5.22. The predicted octanol–water partition coefficient (Wildman–Crippen LogP) is 21.3. The fourth-order valence-corrected chi connectivity index (χ4v) is 12.7. The molecular formula is C74H144O17P2. The van der Waals surface area contributed by atoms with E-state index in [1.807, 2.05) is 0 Å². The fourth-order valence-electron chi connectivity index (χ4n) is 11.1. The molecule has 4 unspecified atom stereocenters. The standard InChI is InChI=1S/C74H144O17P2/c1-9-66(7)52-44-36-27-21-17-13-11-12-14-18-23-30-40-48-56-73(78)90-70(61-85-72(77)55-47-39-33-32-35-43-51-65(5)6)63-89-93(82,83)87-59-68(75)58-86-92(80,81)88-62-69(91-74(79)57-49-41-31-25-24-28-37-45-53-67(8)10-2)60-84-71(76)54-46-38-29-22-19-15-16-20-26-34-42-50-64(3)4/h64-70,75H,9-63H2,1-8H3,(H,80,81)(H,82,83)/t66?,67?,68-,69-,70-/m1/s1. The molecule has 93 heavy (non-hydrogen) atoms. The van der Waals surface area contributed by atoms with Gasteiger partial charge in [0.1, 0.15) is 19.3 Å². The highest BCUT2D eigenvalue weighted by molar-refractivity contribution is 7.47. The number of hydrogen-bond donors (Lipinski definition) is 3. The van der Waals surface area contributed by atoms with Crippen LogP contribution in [0.4, 0.5) is 0 Å². The summed E-state index contributed by atoms with van der Waals surface area (Å²) in [7, 11) is -9.91. The van der Waals surface area contributed by atoms with Crippen LogP contribution in [-0.4, -0.2) is 96.7 Å². The number of unbranched alkanes of at least 4 members (excludes halogenated alkanes) is 35. The van der Waals surface area contributed by atoms with E-state index in [4.69, 9.17) is 37.0 Å². The lowest BCUT2D eigenvalue weighted by atomic mass is 9.99. The van der Waals surface area contributed by atoms with Gasteiger partial charge in [-0.1, -0.05) is 319 Å². The molecule has 0 fully saturated rings. The molecule has 3 N–H and O–H groups in total. The van der Waals surface area contributed by atoms with Crippen molar-refractivity contribution in [3.63, 3.8) is 0 Å². The van der Waals surface area contributed by atoms with Gasteiger partial charge in [-0.2, -0.15) is 0 Å². The van der Waals surface area contributed by atoms with Crippen molar-refractivity contribution in [3.05, 3.63) is 0 Å². The number of aliphatic hydroxyl groups excluding tert-OH is 1. The van der Waals surface area contributed by atoms with Gasteiger partial charge in [0.05, 0.1) is 26.4 Å². The summed E-state index contributed by atoms with van der Waals surface area (Å²) in [5.74, 6) is 0.939. The minimum atomic E-state index is -4.95. The zero-order valence-corrected chi connectivity index (χ0v) is 62.7. The summed E-state index contributed by atoms with van der Waals surface area (Å²) in [4.78, 5) is 72.7. The molecule has 552 valence electrons. The van der Waals surface area contributed by atoms with Gasteiger partial charge in [-0.05, 0) is 49.4 Å². The van der Waals surface area contributed by atoms with Crippen molar-refractivity contribution in [3.8, 4) is 0 Å². The average Bonchev–Trinajstić information content (AvgIpc) is 1.77. The molecule has 17 nitrogen and oxygen atoms in total. The molecule has 0 aliphatic heterocycles. The SMILES string of the molecule is CCC(C)CCCCCCCCCCCCCCCCC(=O)O[C@H](COC(=O)CCCCCCCCC(C)C)COP(=O)(O)OC[C@H](O)COP(=O)(O)OC[C@@H](COC(=O)CCCCCCCCCCCCCC(C)C)OC(=O)CCCCCCCCCCC(C)CC. The zero-order valence-electron chi connectivity index (χ0n) is 60.9. The van der Waals surface area contributed by atoms with Crippen LogP contribution in [-0.2, 0) is 65.4 Å². The first kappa shape index (κ1) is 91.1. The zero-order chi connectivity index (χ0) is 68.9. The quantitative estimate of drug-likeness (QED) is 0.0222. The molecule has 0 heterocycles. The van der Waals surface area contributed by atoms with E-state index in [1.165, 1.54) is 167 Å². The van der Waals surface area contributed by atoms with Crippen molar-refractivity contribution < 1.29 is 80.2 Å². The number of carbonyl (C=O) groups excluding carboxylic acids is 4. The topological polar surface area (TPSA) is 237 Å². The van der Waals surface area contributed by atoms with Crippen molar-refractivity contribution in [2.75, 3.05) is 39.6 Å². The lowest BCUT2D eigenvalue weighted by Gasteiger charge is -2.21. The van der Waals surface area contributed by atoms with Gasteiger partial charge in [0.2, 0.25) is 0 Å². The van der Waals surface area contributed by atoms with Crippen molar-refractivity contribution in [1.29, 1.82) is 0 Å². The monoisotopic (exact) mass is 1370 g/mol. The summed E-state index contributed by atoms with van der Waals surface area (Å²) in [5, 5.41) is 10.6. The van der Waals surface area contributed by atoms with Crippen LogP contribution in [0, 0.1) is 23.7 Å². The lowest BCUT2D eigenvalue weighted by molar-refractivity contribution is -0.161. The molecule has 0 rings (SSSR count). The van der Waals surface area contributed by atoms with Crippen molar-refractivity contribution in [1.82, 2.24) is 0 Å². The molecule has 0 amide bonds. The third-order valence-electron chi connectivity index (χ3n) is 17.8. The maximum atomic E-state index is 13.0. The Morgan fingerprint density at radius 2 is 0.516 bits per heavy atom. The van der Waals surface area contributed by atoms with E-state index < -0.39 is 97.5 Å². The summed E-state index contributed by atoms with van der Waals surface area (Å²) in [5.41, 5.74) is 0. The Labute approximate surface area is 568 Å². The molecule has 0 aromatic carbocycles. The average molecular weight is 1370 g/mol. The maximum Gasteiger partial charge on any atom is 0.472 e. The number of esters is 4. The molecule has 7 atom stereocenters. The molecular weight excluding hydrogens is 1220 g/mol. The third-order valence-corrected chi connectivity index (χ3v) is 19.7. The van der Waals surface area contributed by atoms with Crippen molar-refractivity contribution >= 4 is 39.5 Å². The molecule has 0 aromatic heterocycles. The van der Waals surface area contributed by atoms with Crippen LogP contribution in [0.2, 0.25) is 0 Å². The van der Waals surface area contributed by atoms with E-state index in [9.17, 15) is 43.2 Å². The number of phosphoric ester groups is 2. The molecule has 0 aromatic rings. The second-order valence-corrected chi connectivity index (χ2v) is 31.0. The number of phosphoric acid groups is 2. The van der Waals surface area contributed by atoms with Crippen LogP contribution >= 0.6 is 15.6 Å². The van der Waals surface area contributed by atoms with Gasteiger partial charge in [-0.3, -0.25) is 37.3 Å². The summed E-state index contributed by atoms with van der Waals surface area (Å²) in [6.07, 6.45) is 47.2. The van der Waals surface area contributed by atoms with E-state index in [0.29, 0.717) is 31.6 Å². The van der Waals surface area contributed by atoms with E-state index >= 15 is 0 Å². The number of hydrogen-bond acceptors (Lipinski definition) is 15. The van der Waals surface area contributed by atoms with Gasteiger partial charge in [0.15, 0.2) is 12.2 Å². The van der Waals surface area contributed by atoms with Crippen molar-refractivity contribution in [2.24, 2.45) is 23.7 Å². The maximum absolute atomic E-state index is 13.0. The summed E-state index contributed by atoms with van der Waals surface area (Å²) in [6, 6.07) is 0. The summed E-state index contributed by atoms with van der Waals surface area (Å²) >= 11 is 0. The number of aliphatic hydroxyl groups is 1. The van der Waals surface area contributed by atoms with Gasteiger partial charge in [0.25, 0.3) is 0 Å². The summed E-state index contributed by atoms with van der Waals surface area (Å²) < 4.78 is 68.4. The minimum Gasteiger partial charge on any atom is -0.462 e. The largest absolute Gasteiger partial charge is 0.472 e. The van der Waals surface area contributed by atoms with Crippen LogP contribution in [0.3, 0.4) is 0 Å². The van der Waals surface area contributed by atoms with Gasteiger partial charge < -0.3 is 33.8 Å². The number of rotatable bonds is 71. The molecule has 0 aliphatic rings.